The summed E-state index contributed by atoms with van der Waals surface area (Å²) in [5.41, 5.74) is 0. The highest BCUT2D eigenvalue weighted by Gasteiger charge is 2.23. The number of rotatable bonds is 15. The van der Waals surface area contributed by atoms with E-state index in [9.17, 15) is 0 Å². The van der Waals surface area contributed by atoms with Gasteiger partial charge in [-0.05, 0) is 25.0 Å². The molecule has 0 aromatic heterocycles. The van der Waals surface area contributed by atoms with E-state index in [0.717, 1.165) is 10.2 Å². The number of para-hydroxylation sites is 1. The summed E-state index contributed by atoms with van der Waals surface area (Å²) in [7, 11) is 4.54. The van der Waals surface area contributed by atoms with Gasteiger partial charge in [-0.1, -0.05) is 63.6 Å². The maximum absolute atomic E-state index is 6.00. The van der Waals surface area contributed by atoms with Crippen LogP contribution in [0.1, 0.15) is 65.2 Å². The maximum atomic E-state index is 6.00. The molecule has 3 nitrogen and oxygen atoms in total. The van der Waals surface area contributed by atoms with Crippen molar-refractivity contribution in [2.75, 3.05) is 33.9 Å². The molecule has 0 radical (unpaired) electrons. The first-order chi connectivity index (χ1) is 12.1. The lowest BCUT2D eigenvalue weighted by atomic mass is 10.1. The van der Waals surface area contributed by atoms with Crippen molar-refractivity contribution >= 4 is 0 Å². The van der Waals surface area contributed by atoms with Crippen LogP contribution >= 0.6 is 0 Å². The minimum Gasteiger partial charge on any atom is -0.491 e. The predicted molar refractivity (Wildman–Crippen MR) is 107 cm³/mol. The number of nitrogens with zero attached hydrogens (tertiary/aromatic N) is 1. The van der Waals surface area contributed by atoms with Crippen LogP contribution in [0.5, 0.6) is 5.75 Å². The molecule has 1 aromatic carbocycles. The number of benzene rings is 1. The van der Waals surface area contributed by atoms with E-state index in [1.165, 1.54) is 57.9 Å². The molecule has 1 atom stereocenters. The predicted octanol–water partition coefficient (Wildman–Crippen LogP) is 5.65. The third-order valence-corrected chi connectivity index (χ3v) is 5.03. The molecule has 0 aliphatic rings. The lowest BCUT2D eigenvalue weighted by Gasteiger charge is -2.35. The molecule has 144 valence electrons. The minimum absolute atomic E-state index is 0.198. The first-order valence-electron chi connectivity index (χ1n) is 10.2. The van der Waals surface area contributed by atoms with Crippen molar-refractivity contribution in [2.24, 2.45) is 0 Å². The van der Waals surface area contributed by atoms with Crippen LogP contribution < -0.4 is 4.74 Å². The first-order valence-corrected chi connectivity index (χ1v) is 10.2. The van der Waals surface area contributed by atoms with Crippen LogP contribution in [-0.2, 0) is 4.74 Å². The van der Waals surface area contributed by atoms with Crippen molar-refractivity contribution < 1.29 is 14.0 Å². The van der Waals surface area contributed by atoms with Crippen molar-refractivity contribution in [3.8, 4) is 5.75 Å². The van der Waals surface area contributed by atoms with Gasteiger partial charge in [0.25, 0.3) is 0 Å². The molecule has 0 saturated carbocycles. The van der Waals surface area contributed by atoms with Gasteiger partial charge in [-0.2, -0.15) is 0 Å². The Labute approximate surface area is 155 Å². The zero-order chi connectivity index (χ0) is 18.4. The number of quaternary nitrogens is 1. The van der Waals surface area contributed by atoms with Gasteiger partial charge in [0.2, 0.25) is 0 Å². The van der Waals surface area contributed by atoms with Crippen molar-refractivity contribution in [1.29, 1.82) is 0 Å². The van der Waals surface area contributed by atoms with E-state index in [-0.39, 0.29) is 6.23 Å². The maximum Gasteiger partial charge on any atom is 0.190 e. The minimum atomic E-state index is 0.198. The van der Waals surface area contributed by atoms with Gasteiger partial charge in [-0.25, -0.2) is 0 Å². The largest absolute Gasteiger partial charge is 0.491 e. The molecule has 1 aromatic rings. The number of hydrogen-bond acceptors (Lipinski definition) is 2. The van der Waals surface area contributed by atoms with Gasteiger partial charge in [0.05, 0.1) is 27.2 Å². The summed E-state index contributed by atoms with van der Waals surface area (Å²) in [4.78, 5) is 0. The molecule has 1 rings (SSSR count). The lowest BCUT2D eigenvalue weighted by molar-refractivity contribution is -0.935. The van der Waals surface area contributed by atoms with Crippen molar-refractivity contribution in [1.82, 2.24) is 0 Å². The Morgan fingerprint density at radius 2 is 1.44 bits per heavy atom. The van der Waals surface area contributed by atoms with E-state index in [2.05, 4.69) is 27.9 Å². The van der Waals surface area contributed by atoms with E-state index in [1.807, 2.05) is 30.3 Å². The van der Waals surface area contributed by atoms with Gasteiger partial charge in [0.15, 0.2) is 6.23 Å². The Hall–Kier alpha value is -1.06. The fourth-order valence-corrected chi connectivity index (χ4v) is 2.93. The van der Waals surface area contributed by atoms with Crippen LogP contribution in [0.4, 0.5) is 0 Å². The van der Waals surface area contributed by atoms with E-state index < -0.39 is 0 Å². The van der Waals surface area contributed by atoms with Crippen LogP contribution in [0, 0.1) is 0 Å². The molecular formula is C22H40NO2+. The number of hydrogen-bond donors (Lipinski definition) is 0. The van der Waals surface area contributed by atoms with E-state index in [4.69, 9.17) is 9.47 Å². The summed E-state index contributed by atoms with van der Waals surface area (Å²) >= 11 is 0. The molecule has 0 aliphatic carbocycles. The molecule has 0 fully saturated rings. The van der Waals surface area contributed by atoms with Crippen LogP contribution in [0.3, 0.4) is 0 Å². The summed E-state index contributed by atoms with van der Waals surface area (Å²) in [6.45, 7) is 6.86. The van der Waals surface area contributed by atoms with Crippen LogP contribution in [0.25, 0.3) is 0 Å². The van der Waals surface area contributed by atoms with Gasteiger partial charge in [-0.3, -0.25) is 0 Å². The SMILES string of the molecule is CCCCCCCCCC[N+](C)(C)C(C)OCCOc1ccccc1. The summed E-state index contributed by atoms with van der Waals surface area (Å²) in [6, 6.07) is 9.93. The second kappa shape index (κ2) is 13.2. The average Bonchev–Trinajstić information content (AvgIpc) is 2.61. The fraction of sp³-hybridized carbons (Fsp3) is 0.727. The number of unbranched alkanes of at least 4 members (excludes halogenated alkanes) is 7. The Balaban J connectivity index is 2.06. The monoisotopic (exact) mass is 350 g/mol. The average molecular weight is 351 g/mol. The summed E-state index contributed by atoms with van der Waals surface area (Å²) in [6.07, 6.45) is 11.2. The quantitative estimate of drug-likeness (QED) is 0.231. The molecule has 0 N–H and O–H groups in total. The highest BCUT2D eigenvalue weighted by atomic mass is 16.5. The van der Waals surface area contributed by atoms with Gasteiger partial charge >= 0.3 is 0 Å². The fourth-order valence-electron chi connectivity index (χ4n) is 2.93. The van der Waals surface area contributed by atoms with E-state index in [1.54, 1.807) is 0 Å². The van der Waals surface area contributed by atoms with Crippen LogP contribution in [0.2, 0.25) is 0 Å². The van der Waals surface area contributed by atoms with Gasteiger partial charge in [0, 0.05) is 6.92 Å². The third kappa shape index (κ3) is 10.5. The van der Waals surface area contributed by atoms with Crippen molar-refractivity contribution in [2.45, 2.75) is 71.4 Å². The lowest BCUT2D eigenvalue weighted by Crippen LogP contribution is -2.49. The van der Waals surface area contributed by atoms with Gasteiger partial charge in [0.1, 0.15) is 12.4 Å². The summed E-state index contributed by atoms with van der Waals surface area (Å²) in [5.74, 6) is 0.909. The summed E-state index contributed by atoms with van der Waals surface area (Å²) < 4.78 is 12.6. The zero-order valence-electron chi connectivity index (χ0n) is 17.0. The van der Waals surface area contributed by atoms with Crippen LogP contribution in [-0.4, -0.2) is 44.6 Å². The molecule has 0 spiro atoms. The Bertz CT molecular complexity index is 419. The van der Waals surface area contributed by atoms with E-state index >= 15 is 0 Å². The molecule has 25 heavy (non-hydrogen) atoms. The first kappa shape index (κ1) is 22.0. The third-order valence-electron chi connectivity index (χ3n) is 5.03. The molecule has 0 heterocycles. The van der Waals surface area contributed by atoms with Crippen molar-refractivity contribution in [3.63, 3.8) is 0 Å². The van der Waals surface area contributed by atoms with Gasteiger partial charge in [-0.15, -0.1) is 0 Å². The Kier molecular flexibility index (Phi) is 11.6. The molecule has 0 saturated heterocycles. The highest BCUT2D eigenvalue weighted by molar-refractivity contribution is 5.20. The molecule has 1 unspecified atom stereocenters. The standard InChI is InChI=1S/C22H40NO2/c1-5-6-7-8-9-10-11-15-18-23(3,4)21(2)24-19-20-25-22-16-13-12-14-17-22/h12-14,16-17,21H,5-11,15,18-20H2,1-4H3/q+1. The molecule has 0 bridgehead atoms. The second-order valence-electron chi connectivity index (χ2n) is 7.61. The zero-order valence-corrected chi connectivity index (χ0v) is 17.0. The smallest absolute Gasteiger partial charge is 0.190 e. The number of ether oxygens (including phenoxy) is 2. The molecular weight excluding hydrogens is 310 g/mol. The normalized spacial score (nSPS) is 13.0. The molecule has 0 aliphatic heterocycles. The molecule has 0 amide bonds. The van der Waals surface area contributed by atoms with E-state index in [0.29, 0.717) is 13.2 Å². The molecule has 3 heteroatoms. The Morgan fingerprint density at radius 1 is 0.840 bits per heavy atom. The topological polar surface area (TPSA) is 18.5 Å². The highest BCUT2D eigenvalue weighted by Crippen LogP contribution is 2.14. The van der Waals surface area contributed by atoms with Crippen molar-refractivity contribution in [3.05, 3.63) is 30.3 Å². The summed E-state index contributed by atoms with van der Waals surface area (Å²) in [5, 5.41) is 0. The second-order valence-corrected chi connectivity index (χ2v) is 7.61. The van der Waals surface area contributed by atoms with Crippen LogP contribution in [0.15, 0.2) is 30.3 Å². The van der Waals surface area contributed by atoms with Gasteiger partial charge < -0.3 is 14.0 Å². The Morgan fingerprint density at radius 3 is 2.08 bits per heavy atom.